The number of piperazine rings is 1. The molecule has 0 unspecified atom stereocenters. The van der Waals surface area contributed by atoms with Crippen molar-refractivity contribution in [2.24, 2.45) is 0 Å². The number of amides is 1. The fourth-order valence-electron chi connectivity index (χ4n) is 2.61. The third-order valence-corrected chi connectivity index (χ3v) is 4.62. The van der Waals surface area contributed by atoms with Gasteiger partial charge in [0.25, 0.3) is 5.91 Å². The number of rotatable bonds is 2. The number of hydrogen-bond donors (Lipinski definition) is 0. The van der Waals surface area contributed by atoms with Gasteiger partial charge in [-0.25, -0.2) is 15.0 Å². The fourth-order valence-corrected chi connectivity index (χ4v) is 3.43. The molecule has 1 aliphatic heterocycles. The zero-order chi connectivity index (χ0) is 14.9. The van der Waals surface area contributed by atoms with Crippen LogP contribution in [0.3, 0.4) is 0 Å². The van der Waals surface area contributed by atoms with Gasteiger partial charge < -0.3 is 9.80 Å². The van der Waals surface area contributed by atoms with Gasteiger partial charge in [0.2, 0.25) is 5.95 Å². The molecule has 1 aliphatic rings. The smallest absolute Gasteiger partial charge is 0.271 e. The second-order valence-electron chi connectivity index (χ2n) is 5.03. The van der Waals surface area contributed by atoms with E-state index in [0.717, 1.165) is 24.0 Å². The van der Waals surface area contributed by atoms with Crippen LogP contribution in [0.25, 0.3) is 4.96 Å². The Morgan fingerprint density at radius 2 is 1.82 bits per heavy atom. The monoisotopic (exact) mass is 314 g/mol. The van der Waals surface area contributed by atoms with Crippen molar-refractivity contribution in [2.75, 3.05) is 31.1 Å². The van der Waals surface area contributed by atoms with E-state index in [9.17, 15) is 4.79 Å². The van der Waals surface area contributed by atoms with Crippen molar-refractivity contribution in [1.29, 1.82) is 0 Å². The molecule has 0 atom stereocenters. The number of anilines is 1. The molecule has 3 aromatic heterocycles. The number of aromatic nitrogens is 4. The van der Waals surface area contributed by atoms with Crippen LogP contribution >= 0.6 is 11.3 Å². The van der Waals surface area contributed by atoms with Gasteiger partial charge in [-0.3, -0.25) is 9.20 Å². The highest BCUT2D eigenvalue weighted by atomic mass is 32.1. The van der Waals surface area contributed by atoms with Crippen molar-refractivity contribution in [3.8, 4) is 0 Å². The first-order valence-electron chi connectivity index (χ1n) is 7.05. The van der Waals surface area contributed by atoms with Crippen LogP contribution in [-0.2, 0) is 0 Å². The Morgan fingerprint density at radius 1 is 1.05 bits per heavy atom. The van der Waals surface area contributed by atoms with Crippen LogP contribution in [0.5, 0.6) is 0 Å². The summed E-state index contributed by atoms with van der Waals surface area (Å²) in [4.78, 5) is 30.2. The molecular formula is C14H14N6OS. The van der Waals surface area contributed by atoms with Crippen LogP contribution < -0.4 is 4.90 Å². The largest absolute Gasteiger partial charge is 0.337 e. The van der Waals surface area contributed by atoms with Gasteiger partial charge in [-0.15, -0.1) is 11.3 Å². The number of nitrogens with zero attached hydrogens (tertiary/aromatic N) is 6. The van der Waals surface area contributed by atoms with Gasteiger partial charge in [0.1, 0.15) is 5.69 Å². The minimum atomic E-state index is 0.0536. The first-order chi connectivity index (χ1) is 10.8. The van der Waals surface area contributed by atoms with Gasteiger partial charge in [-0.2, -0.15) is 0 Å². The lowest BCUT2D eigenvalue weighted by Crippen LogP contribution is -2.49. The summed E-state index contributed by atoms with van der Waals surface area (Å²) in [5.74, 6) is 0.778. The molecule has 1 amide bonds. The standard InChI is InChI=1S/C14H14N6OS/c21-12(11-10-22-14-17-4-5-20(11)14)18-6-8-19(9-7-18)13-15-2-1-3-16-13/h1-5,10H,6-9H2. The molecule has 4 rings (SSSR count). The molecule has 0 bridgehead atoms. The lowest BCUT2D eigenvalue weighted by atomic mass is 10.3. The zero-order valence-corrected chi connectivity index (χ0v) is 12.6. The molecule has 0 aliphatic carbocycles. The molecule has 0 spiro atoms. The fraction of sp³-hybridized carbons (Fsp3) is 0.286. The average molecular weight is 314 g/mol. The highest BCUT2D eigenvalue weighted by molar-refractivity contribution is 7.15. The second-order valence-corrected chi connectivity index (χ2v) is 5.87. The second kappa shape index (κ2) is 5.38. The summed E-state index contributed by atoms with van der Waals surface area (Å²) in [6, 6.07) is 1.80. The summed E-state index contributed by atoms with van der Waals surface area (Å²) in [7, 11) is 0. The van der Waals surface area contributed by atoms with E-state index in [1.807, 2.05) is 20.9 Å². The lowest BCUT2D eigenvalue weighted by Gasteiger charge is -2.34. The maximum atomic E-state index is 12.7. The Balaban J connectivity index is 1.47. The van der Waals surface area contributed by atoms with Crippen LogP contribution in [0.1, 0.15) is 10.5 Å². The minimum Gasteiger partial charge on any atom is -0.337 e. The summed E-state index contributed by atoms with van der Waals surface area (Å²) in [5, 5.41) is 1.87. The molecule has 3 aromatic rings. The summed E-state index contributed by atoms with van der Waals surface area (Å²) in [5.41, 5.74) is 0.682. The zero-order valence-electron chi connectivity index (χ0n) is 11.8. The van der Waals surface area contributed by atoms with E-state index in [2.05, 4.69) is 19.9 Å². The quantitative estimate of drug-likeness (QED) is 0.710. The van der Waals surface area contributed by atoms with Crippen LogP contribution in [0.2, 0.25) is 0 Å². The Labute approximate surface area is 130 Å². The average Bonchev–Trinajstić information content (AvgIpc) is 3.18. The molecule has 0 radical (unpaired) electrons. The van der Waals surface area contributed by atoms with E-state index < -0.39 is 0 Å². The van der Waals surface area contributed by atoms with Crippen LogP contribution in [0.15, 0.2) is 36.2 Å². The molecule has 1 fully saturated rings. The Hall–Kier alpha value is -2.48. The lowest BCUT2D eigenvalue weighted by molar-refractivity contribution is 0.0739. The van der Waals surface area contributed by atoms with Crippen molar-refractivity contribution in [2.45, 2.75) is 0 Å². The number of thiazole rings is 1. The summed E-state index contributed by atoms with van der Waals surface area (Å²) in [6.45, 7) is 2.83. The Bertz CT molecular complexity index is 790. The minimum absolute atomic E-state index is 0.0536. The van der Waals surface area contributed by atoms with Gasteiger partial charge >= 0.3 is 0 Å². The molecule has 22 heavy (non-hydrogen) atoms. The maximum absolute atomic E-state index is 12.7. The van der Waals surface area contributed by atoms with Gasteiger partial charge in [0.05, 0.1) is 0 Å². The highest BCUT2D eigenvalue weighted by Gasteiger charge is 2.25. The number of carbonyl (C=O) groups is 1. The predicted octanol–water partition coefficient (Wildman–Crippen LogP) is 1.15. The summed E-state index contributed by atoms with van der Waals surface area (Å²) < 4.78 is 1.85. The first-order valence-corrected chi connectivity index (χ1v) is 7.93. The first kappa shape index (κ1) is 13.2. The molecular weight excluding hydrogens is 300 g/mol. The maximum Gasteiger partial charge on any atom is 0.271 e. The summed E-state index contributed by atoms with van der Waals surface area (Å²) >= 11 is 1.48. The highest BCUT2D eigenvalue weighted by Crippen LogP contribution is 2.18. The van der Waals surface area contributed by atoms with E-state index in [0.29, 0.717) is 18.8 Å². The van der Waals surface area contributed by atoms with E-state index in [1.165, 1.54) is 11.3 Å². The number of hydrogen-bond acceptors (Lipinski definition) is 6. The molecule has 4 heterocycles. The molecule has 0 aromatic carbocycles. The normalized spacial score (nSPS) is 15.5. The molecule has 1 saturated heterocycles. The van der Waals surface area contributed by atoms with Crippen molar-refractivity contribution >= 4 is 28.2 Å². The van der Waals surface area contributed by atoms with E-state index in [1.54, 1.807) is 24.7 Å². The van der Waals surface area contributed by atoms with E-state index in [-0.39, 0.29) is 5.91 Å². The SMILES string of the molecule is O=C(c1csc2nccn12)N1CCN(c2ncccn2)CC1. The third kappa shape index (κ3) is 2.21. The Kier molecular flexibility index (Phi) is 3.23. The number of imidazole rings is 1. The number of carbonyl (C=O) groups excluding carboxylic acids is 1. The molecule has 8 heteroatoms. The van der Waals surface area contributed by atoms with Crippen LogP contribution in [0, 0.1) is 0 Å². The predicted molar refractivity (Wildman–Crippen MR) is 83.2 cm³/mol. The van der Waals surface area contributed by atoms with Gasteiger partial charge in [-0.05, 0) is 6.07 Å². The van der Waals surface area contributed by atoms with Crippen molar-refractivity contribution in [3.05, 3.63) is 41.9 Å². The van der Waals surface area contributed by atoms with Crippen LogP contribution in [-0.4, -0.2) is 56.3 Å². The van der Waals surface area contributed by atoms with E-state index in [4.69, 9.17) is 0 Å². The van der Waals surface area contributed by atoms with Crippen molar-refractivity contribution < 1.29 is 4.79 Å². The van der Waals surface area contributed by atoms with Crippen LogP contribution in [0.4, 0.5) is 5.95 Å². The van der Waals surface area contributed by atoms with E-state index >= 15 is 0 Å². The third-order valence-electron chi connectivity index (χ3n) is 3.76. The van der Waals surface area contributed by atoms with Gasteiger partial charge in [0.15, 0.2) is 4.96 Å². The molecule has 112 valence electrons. The summed E-state index contributed by atoms with van der Waals surface area (Å²) in [6.07, 6.45) is 7.02. The molecule has 7 nitrogen and oxygen atoms in total. The molecule has 0 N–H and O–H groups in total. The van der Waals surface area contributed by atoms with Gasteiger partial charge in [-0.1, -0.05) is 0 Å². The molecule has 0 saturated carbocycles. The van der Waals surface area contributed by atoms with Crippen molar-refractivity contribution in [3.63, 3.8) is 0 Å². The number of fused-ring (bicyclic) bond motifs is 1. The van der Waals surface area contributed by atoms with Crippen molar-refractivity contribution in [1.82, 2.24) is 24.3 Å². The Morgan fingerprint density at radius 3 is 2.59 bits per heavy atom. The topological polar surface area (TPSA) is 66.6 Å². The van der Waals surface area contributed by atoms with Gasteiger partial charge in [0, 0.05) is 56.3 Å².